The highest BCUT2D eigenvalue weighted by Crippen LogP contribution is 2.11. The molecule has 0 unspecified atom stereocenters. The fourth-order valence-corrected chi connectivity index (χ4v) is 0.889. The van der Waals surface area contributed by atoms with Gasteiger partial charge in [0.15, 0.2) is 0 Å². The van der Waals surface area contributed by atoms with Crippen LogP contribution >= 0.6 is 0 Å². The molecule has 7 nitrogen and oxygen atoms in total. The van der Waals surface area contributed by atoms with Gasteiger partial charge >= 0.3 is 6.03 Å². The van der Waals surface area contributed by atoms with Crippen LogP contribution in [-0.2, 0) is 0 Å². The van der Waals surface area contributed by atoms with Crippen LogP contribution in [0.1, 0.15) is 5.56 Å². The van der Waals surface area contributed by atoms with Crippen LogP contribution in [0.3, 0.4) is 0 Å². The van der Waals surface area contributed by atoms with Gasteiger partial charge in [-0.25, -0.2) is 10.2 Å². The Bertz CT molecular complexity index is 416. The maximum Gasteiger partial charge on any atom is 0.332 e. The zero-order valence-electron chi connectivity index (χ0n) is 7.58. The van der Waals surface area contributed by atoms with E-state index in [2.05, 4.69) is 5.10 Å². The first-order chi connectivity index (χ1) is 7.09. The van der Waals surface area contributed by atoms with Crippen LogP contribution in [0.15, 0.2) is 29.4 Å². The van der Waals surface area contributed by atoms with Crippen molar-refractivity contribution in [2.24, 2.45) is 10.8 Å². The largest absolute Gasteiger partial charge is 0.350 e. The first-order valence-corrected chi connectivity index (χ1v) is 3.92. The molecule has 3 N–H and O–H groups in total. The highest BCUT2D eigenvalue weighted by molar-refractivity contribution is 5.82. The molecule has 0 bridgehead atoms. The molecule has 1 aromatic rings. The van der Waals surface area contributed by atoms with E-state index >= 15 is 0 Å². The second-order valence-electron chi connectivity index (χ2n) is 2.59. The summed E-state index contributed by atoms with van der Waals surface area (Å²) in [7, 11) is 0. The average molecular weight is 208 g/mol. The molecule has 2 amide bonds. The number of hydrogen-bond acceptors (Lipinski definition) is 4. The van der Waals surface area contributed by atoms with Gasteiger partial charge in [0.05, 0.1) is 11.1 Å². The Balaban J connectivity index is 2.78. The van der Waals surface area contributed by atoms with Crippen molar-refractivity contribution in [3.63, 3.8) is 0 Å². The molecule has 0 radical (unpaired) electrons. The summed E-state index contributed by atoms with van der Waals surface area (Å²) in [6, 6.07) is 5.02. The number of nitrogens with one attached hydrogen (secondary N) is 1. The fraction of sp³-hybridized carbons (Fsp3) is 0. The van der Waals surface area contributed by atoms with Gasteiger partial charge in [-0.15, -0.1) is 0 Å². The molecule has 7 heteroatoms. The average Bonchev–Trinajstić information content (AvgIpc) is 2.17. The summed E-state index contributed by atoms with van der Waals surface area (Å²) in [5, 5.41) is 13.9. The minimum absolute atomic E-state index is 0.0435. The third-order valence-corrected chi connectivity index (χ3v) is 1.47. The number of urea groups is 1. The van der Waals surface area contributed by atoms with Crippen molar-refractivity contribution in [2.45, 2.75) is 0 Å². The number of carbonyl (C=O) groups is 1. The molecule has 1 rings (SSSR count). The Morgan fingerprint density at radius 1 is 1.60 bits per heavy atom. The van der Waals surface area contributed by atoms with E-state index in [1.807, 2.05) is 5.43 Å². The Labute approximate surface area is 84.7 Å². The molecule has 0 spiro atoms. The van der Waals surface area contributed by atoms with Crippen molar-refractivity contribution in [3.8, 4) is 0 Å². The molecule has 15 heavy (non-hydrogen) atoms. The SMILES string of the molecule is NC(=O)N/N=C/c1cccc([N+](=O)[O-])c1. The van der Waals surface area contributed by atoms with E-state index in [1.165, 1.54) is 24.4 Å². The smallest absolute Gasteiger partial charge is 0.332 e. The van der Waals surface area contributed by atoms with Gasteiger partial charge in [0.2, 0.25) is 0 Å². The van der Waals surface area contributed by atoms with Gasteiger partial charge in [-0.05, 0) is 0 Å². The number of nitrogens with two attached hydrogens (primary N) is 1. The molecular formula is C8H8N4O3. The molecule has 0 fully saturated rings. The van der Waals surface area contributed by atoms with Gasteiger partial charge in [0, 0.05) is 17.7 Å². The van der Waals surface area contributed by atoms with Gasteiger partial charge in [0.25, 0.3) is 5.69 Å². The number of nitro benzene ring substituents is 1. The first kappa shape index (κ1) is 10.6. The standard InChI is InChI=1S/C8H8N4O3/c9-8(13)11-10-5-6-2-1-3-7(4-6)12(14)15/h1-5H,(H3,9,11,13)/b10-5+. The summed E-state index contributed by atoms with van der Waals surface area (Å²) in [6.07, 6.45) is 1.26. The molecular weight excluding hydrogens is 200 g/mol. The summed E-state index contributed by atoms with van der Waals surface area (Å²) in [4.78, 5) is 20.1. The lowest BCUT2D eigenvalue weighted by Crippen LogP contribution is -2.24. The van der Waals surface area contributed by atoms with Gasteiger partial charge in [-0.3, -0.25) is 10.1 Å². The predicted molar refractivity (Wildman–Crippen MR) is 53.4 cm³/mol. The third-order valence-electron chi connectivity index (χ3n) is 1.47. The lowest BCUT2D eigenvalue weighted by atomic mass is 10.2. The lowest BCUT2D eigenvalue weighted by Gasteiger charge is -1.94. The Morgan fingerprint density at radius 3 is 2.93 bits per heavy atom. The van der Waals surface area contributed by atoms with E-state index in [-0.39, 0.29) is 5.69 Å². The maximum absolute atomic E-state index is 10.4. The van der Waals surface area contributed by atoms with Crippen molar-refractivity contribution in [1.29, 1.82) is 0 Å². The van der Waals surface area contributed by atoms with Gasteiger partial charge < -0.3 is 5.73 Å². The van der Waals surface area contributed by atoms with E-state index in [1.54, 1.807) is 6.07 Å². The number of rotatable bonds is 3. The minimum Gasteiger partial charge on any atom is -0.350 e. The fourth-order valence-electron chi connectivity index (χ4n) is 0.889. The molecule has 0 aliphatic rings. The molecule has 0 saturated heterocycles. The summed E-state index contributed by atoms with van der Waals surface area (Å²) < 4.78 is 0. The van der Waals surface area contributed by atoms with Crippen LogP contribution < -0.4 is 11.2 Å². The summed E-state index contributed by atoms with van der Waals surface area (Å²) in [6.45, 7) is 0. The van der Waals surface area contributed by atoms with Crippen LogP contribution in [0.25, 0.3) is 0 Å². The summed E-state index contributed by atoms with van der Waals surface area (Å²) in [5.41, 5.74) is 7.20. The molecule has 0 atom stereocenters. The van der Waals surface area contributed by atoms with Crippen molar-refractivity contribution < 1.29 is 9.72 Å². The number of primary amides is 1. The second-order valence-corrected chi connectivity index (χ2v) is 2.59. The van der Waals surface area contributed by atoms with Gasteiger partial charge in [-0.1, -0.05) is 12.1 Å². The van der Waals surface area contributed by atoms with Gasteiger partial charge in [-0.2, -0.15) is 5.10 Å². The van der Waals surface area contributed by atoms with Crippen LogP contribution in [0.4, 0.5) is 10.5 Å². The minimum atomic E-state index is -0.795. The van der Waals surface area contributed by atoms with Crippen molar-refractivity contribution in [2.75, 3.05) is 0 Å². The molecule has 0 aliphatic heterocycles. The van der Waals surface area contributed by atoms with Crippen LogP contribution in [0.5, 0.6) is 0 Å². The highest BCUT2D eigenvalue weighted by atomic mass is 16.6. The van der Waals surface area contributed by atoms with E-state index in [0.717, 1.165) is 0 Å². The maximum atomic E-state index is 10.4. The Morgan fingerprint density at radius 2 is 2.33 bits per heavy atom. The molecule has 78 valence electrons. The Kier molecular flexibility index (Phi) is 3.33. The summed E-state index contributed by atoms with van der Waals surface area (Å²) in [5.74, 6) is 0. The molecule has 0 aliphatic carbocycles. The number of hydrazone groups is 1. The molecule has 1 aromatic carbocycles. The van der Waals surface area contributed by atoms with Crippen LogP contribution in [-0.4, -0.2) is 17.2 Å². The number of carbonyl (C=O) groups excluding carboxylic acids is 1. The van der Waals surface area contributed by atoms with Crippen molar-refractivity contribution >= 4 is 17.9 Å². The first-order valence-electron chi connectivity index (χ1n) is 3.92. The highest BCUT2D eigenvalue weighted by Gasteiger charge is 2.03. The number of nitro groups is 1. The van der Waals surface area contributed by atoms with E-state index in [4.69, 9.17) is 5.73 Å². The Hall–Kier alpha value is -2.44. The number of hydrogen-bond donors (Lipinski definition) is 2. The normalized spacial score (nSPS) is 10.1. The monoisotopic (exact) mass is 208 g/mol. The third kappa shape index (κ3) is 3.43. The number of non-ortho nitro benzene ring substituents is 1. The zero-order valence-corrected chi connectivity index (χ0v) is 7.58. The molecule has 0 aromatic heterocycles. The van der Waals surface area contributed by atoms with E-state index in [0.29, 0.717) is 5.56 Å². The lowest BCUT2D eigenvalue weighted by molar-refractivity contribution is -0.384. The predicted octanol–water partition coefficient (Wildman–Crippen LogP) is 0.597. The van der Waals surface area contributed by atoms with E-state index < -0.39 is 11.0 Å². The molecule has 0 heterocycles. The van der Waals surface area contributed by atoms with Gasteiger partial charge in [0.1, 0.15) is 0 Å². The van der Waals surface area contributed by atoms with Crippen molar-refractivity contribution in [1.82, 2.24) is 5.43 Å². The second kappa shape index (κ2) is 4.70. The van der Waals surface area contributed by atoms with Crippen LogP contribution in [0.2, 0.25) is 0 Å². The number of nitrogens with zero attached hydrogens (tertiary/aromatic N) is 2. The zero-order chi connectivity index (χ0) is 11.3. The number of amides is 2. The quantitative estimate of drug-likeness (QED) is 0.431. The summed E-state index contributed by atoms with van der Waals surface area (Å²) >= 11 is 0. The number of benzene rings is 1. The van der Waals surface area contributed by atoms with Crippen molar-refractivity contribution in [3.05, 3.63) is 39.9 Å². The van der Waals surface area contributed by atoms with Crippen LogP contribution in [0, 0.1) is 10.1 Å². The molecule has 0 saturated carbocycles. The van der Waals surface area contributed by atoms with E-state index in [9.17, 15) is 14.9 Å². The topological polar surface area (TPSA) is 111 Å².